The molecule has 1 aliphatic rings. The number of imide groups is 1. The van der Waals surface area contributed by atoms with Crippen molar-refractivity contribution in [2.45, 2.75) is 20.8 Å². The second-order valence-corrected chi connectivity index (χ2v) is 6.38. The molecule has 2 amide bonds. The number of benzene rings is 3. The minimum absolute atomic E-state index is 0.112. The molecule has 0 unspecified atom stereocenters. The Morgan fingerprint density at radius 2 is 1.40 bits per heavy atom. The molecule has 0 bridgehead atoms. The van der Waals surface area contributed by atoms with Crippen LogP contribution in [-0.4, -0.2) is 11.8 Å². The summed E-state index contributed by atoms with van der Waals surface area (Å²) in [6.45, 7) is 5.17. The van der Waals surface area contributed by atoms with Crippen molar-refractivity contribution in [1.29, 1.82) is 0 Å². The van der Waals surface area contributed by atoms with E-state index in [1.165, 1.54) is 0 Å². The summed E-state index contributed by atoms with van der Waals surface area (Å²) >= 11 is 0. The van der Waals surface area contributed by atoms with Gasteiger partial charge >= 0.3 is 0 Å². The standard InChI is InChI=1S/C21H16FNO2/c1-11-12(2)17-18(19(22)13(11)3)21(25)23(20(17)24)16-10-6-8-14-7-4-5-9-15(14)16/h4-10H,1-3H3. The number of rotatable bonds is 1. The third-order valence-electron chi connectivity index (χ3n) is 5.14. The van der Waals surface area contributed by atoms with Crippen molar-refractivity contribution < 1.29 is 14.0 Å². The number of halogens is 1. The van der Waals surface area contributed by atoms with Crippen molar-refractivity contribution in [2.75, 3.05) is 4.90 Å². The van der Waals surface area contributed by atoms with E-state index in [1.54, 1.807) is 32.9 Å². The molecule has 4 heteroatoms. The van der Waals surface area contributed by atoms with E-state index in [0.29, 0.717) is 22.4 Å². The number of fused-ring (bicyclic) bond motifs is 2. The molecule has 3 nitrogen and oxygen atoms in total. The summed E-state index contributed by atoms with van der Waals surface area (Å²) in [6, 6.07) is 12.9. The fourth-order valence-corrected chi connectivity index (χ4v) is 3.52. The molecular weight excluding hydrogens is 317 g/mol. The zero-order chi connectivity index (χ0) is 17.9. The predicted molar refractivity (Wildman–Crippen MR) is 95.7 cm³/mol. The molecule has 0 saturated carbocycles. The fraction of sp³-hybridized carbons (Fsp3) is 0.143. The van der Waals surface area contributed by atoms with E-state index in [4.69, 9.17) is 0 Å². The molecule has 0 aliphatic carbocycles. The maximum atomic E-state index is 14.8. The van der Waals surface area contributed by atoms with Gasteiger partial charge in [0.2, 0.25) is 0 Å². The van der Waals surface area contributed by atoms with Gasteiger partial charge in [-0.15, -0.1) is 0 Å². The average molecular weight is 333 g/mol. The van der Waals surface area contributed by atoms with Crippen LogP contribution >= 0.6 is 0 Å². The van der Waals surface area contributed by atoms with E-state index < -0.39 is 17.6 Å². The molecule has 0 radical (unpaired) electrons. The van der Waals surface area contributed by atoms with Crippen LogP contribution in [0.5, 0.6) is 0 Å². The van der Waals surface area contributed by atoms with Gasteiger partial charge in [0, 0.05) is 5.39 Å². The lowest BCUT2D eigenvalue weighted by Gasteiger charge is -2.16. The van der Waals surface area contributed by atoms with Crippen molar-refractivity contribution in [1.82, 2.24) is 0 Å². The van der Waals surface area contributed by atoms with Crippen molar-refractivity contribution in [3.05, 3.63) is 76.1 Å². The first kappa shape index (κ1) is 15.5. The summed E-state index contributed by atoms with van der Waals surface area (Å²) in [6.07, 6.45) is 0. The minimum Gasteiger partial charge on any atom is -0.268 e. The lowest BCUT2D eigenvalue weighted by molar-refractivity contribution is 0.0925. The van der Waals surface area contributed by atoms with Crippen molar-refractivity contribution in [3.63, 3.8) is 0 Å². The maximum Gasteiger partial charge on any atom is 0.269 e. The van der Waals surface area contributed by atoms with Crippen LogP contribution in [0.3, 0.4) is 0 Å². The first-order valence-electron chi connectivity index (χ1n) is 8.09. The molecule has 1 heterocycles. The van der Waals surface area contributed by atoms with Crippen LogP contribution in [0.15, 0.2) is 42.5 Å². The number of amides is 2. The summed E-state index contributed by atoms with van der Waals surface area (Å²) in [5, 5.41) is 1.70. The number of nitrogens with zero attached hydrogens (tertiary/aromatic N) is 1. The van der Waals surface area contributed by atoms with E-state index >= 15 is 0 Å². The second-order valence-electron chi connectivity index (χ2n) is 6.38. The van der Waals surface area contributed by atoms with E-state index in [9.17, 15) is 14.0 Å². The van der Waals surface area contributed by atoms with Gasteiger partial charge in [-0.05, 0) is 48.9 Å². The maximum absolute atomic E-state index is 14.8. The van der Waals surface area contributed by atoms with Gasteiger partial charge in [-0.3, -0.25) is 9.59 Å². The SMILES string of the molecule is Cc1c(C)c(F)c2c(c1C)C(=O)N(c1cccc3ccccc13)C2=O. The number of hydrogen-bond donors (Lipinski definition) is 0. The number of carbonyl (C=O) groups excluding carboxylic acids is 2. The Bertz CT molecular complexity index is 1030. The monoisotopic (exact) mass is 333 g/mol. The summed E-state index contributed by atoms with van der Waals surface area (Å²) in [5.41, 5.74) is 2.33. The molecule has 4 rings (SSSR count). The molecule has 3 aromatic rings. The predicted octanol–water partition coefficient (Wildman–Crippen LogP) is 4.70. The van der Waals surface area contributed by atoms with Crippen LogP contribution in [0, 0.1) is 26.6 Å². The van der Waals surface area contributed by atoms with Gasteiger partial charge in [0.15, 0.2) is 0 Å². The Hall–Kier alpha value is -3.01. The number of anilines is 1. The minimum atomic E-state index is -0.598. The first-order valence-corrected chi connectivity index (χ1v) is 8.09. The molecule has 1 aliphatic heterocycles. The van der Waals surface area contributed by atoms with Crippen molar-refractivity contribution in [2.24, 2.45) is 0 Å². The molecule has 0 fully saturated rings. The van der Waals surface area contributed by atoms with Crippen LogP contribution in [0.2, 0.25) is 0 Å². The Labute approximate surface area is 144 Å². The molecule has 3 aromatic carbocycles. The van der Waals surface area contributed by atoms with Crippen LogP contribution in [0.4, 0.5) is 10.1 Å². The molecule has 0 atom stereocenters. The van der Waals surface area contributed by atoms with Crippen LogP contribution in [0.25, 0.3) is 10.8 Å². The highest BCUT2D eigenvalue weighted by Gasteiger charge is 2.42. The highest BCUT2D eigenvalue weighted by molar-refractivity contribution is 6.36. The molecule has 25 heavy (non-hydrogen) atoms. The molecule has 0 spiro atoms. The van der Waals surface area contributed by atoms with Gasteiger partial charge in [0.25, 0.3) is 11.8 Å². The first-order chi connectivity index (χ1) is 11.9. The van der Waals surface area contributed by atoms with Crippen molar-refractivity contribution in [3.8, 4) is 0 Å². The molecule has 0 aromatic heterocycles. The van der Waals surface area contributed by atoms with Gasteiger partial charge in [-0.1, -0.05) is 36.4 Å². The molecule has 124 valence electrons. The topological polar surface area (TPSA) is 37.4 Å². The summed E-state index contributed by atoms with van der Waals surface area (Å²) in [7, 11) is 0. The van der Waals surface area contributed by atoms with Crippen LogP contribution in [0.1, 0.15) is 37.4 Å². The Balaban J connectivity index is 2.00. The lowest BCUT2D eigenvalue weighted by Crippen LogP contribution is -2.29. The molecule has 0 saturated heterocycles. The zero-order valence-electron chi connectivity index (χ0n) is 14.2. The Kier molecular flexibility index (Phi) is 3.25. The third-order valence-corrected chi connectivity index (χ3v) is 5.14. The molecular formula is C21H16FNO2. The second kappa shape index (κ2) is 5.24. The van der Waals surface area contributed by atoms with Crippen LogP contribution in [-0.2, 0) is 0 Å². The Morgan fingerprint density at radius 1 is 0.760 bits per heavy atom. The summed E-state index contributed by atoms with van der Waals surface area (Å²) < 4.78 is 14.8. The van der Waals surface area contributed by atoms with Gasteiger partial charge in [-0.25, -0.2) is 9.29 Å². The third kappa shape index (κ3) is 1.97. The van der Waals surface area contributed by atoms with Gasteiger partial charge in [0.05, 0.1) is 16.8 Å². The highest BCUT2D eigenvalue weighted by Crippen LogP contribution is 2.37. The fourth-order valence-electron chi connectivity index (χ4n) is 3.52. The quantitative estimate of drug-likeness (QED) is 0.605. The smallest absolute Gasteiger partial charge is 0.268 e. The van der Waals surface area contributed by atoms with E-state index in [1.807, 2.05) is 30.3 Å². The Morgan fingerprint density at radius 3 is 2.16 bits per heavy atom. The van der Waals surface area contributed by atoms with Crippen molar-refractivity contribution >= 4 is 28.3 Å². The van der Waals surface area contributed by atoms with E-state index in [2.05, 4.69) is 0 Å². The van der Waals surface area contributed by atoms with Gasteiger partial charge in [0.1, 0.15) is 5.82 Å². The largest absolute Gasteiger partial charge is 0.269 e. The number of carbonyl (C=O) groups is 2. The van der Waals surface area contributed by atoms with E-state index in [0.717, 1.165) is 15.7 Å². The highest BCUT2D eigenvalue weighted by atomic mass is 19.1. The normalized spacial score (nSPS) is 13.7. The molecule has 0 N–H and O–H groups in total. The lowest BCUT2D eigenvalue weighted by atomic mass is 9.94. The average Bonchev–Trinajstić information content (AvgIpc) is 2.88. The van der Waals surface area contributed by atoms with Gasteiger partial charge < -0.3 is 0 Å². The zero-order valence-corrected chi connectivity index (χ0v) is 14.2. The van der Waals surface area contributed by atoms with Crippen LogP contribution < -0.4 is 4.90 Å². The summed E-state index contributed by atoms with van der Waals surface area (Å²) in [5.74, 6) is -1.66. The number of hydrogen-bond acceptors (Lipinski definition) is 2. The van der Waals surface area contributed by atoms with Gasteiger partial charge in [-0.2, -0.15) is 0 Å². The summed E-state index contributed by atoms with van der Waals surface area (Å²) in [4.78, 5) is 27.1. The van der Waals surface area contributed by atoms with E-state index in [-0.39, 0.29) is 11.1 Å².